The average Bonchev–Trinajstić information content (AvgIpc) is 2.93. The van der Waals surface area contributed by atoms with Gasteiger partial charge in [-0.05, 0) is 20.8 Å². The Morgan fingerprint density at radius 1 is 1.21 bits per heavy atom. The van der Waals surface area contributed by atoms with Gasteiger partial charge < -0.3 is 14.5 Å². The number of aromatic nitrogens is 3. The zero-order valence-corrected chi connectivity index (χ0v) is 19.0. The van der Waals surface area contributed by atoms with Gasteiger partial charge in [-0.2, -0.15) is 0 Å². The van der Waals surface area contributed by atoms with E-state index < -0.39 is 17.9 Å². The van der Waals surface area contributed by atoms with Crippen LogP contribution in [0.1, 0.15) is 20.8 Å². The summed E-state index contributed by atoms with van der Waals surface area (Å²) in [5, 5.41) is 0.378. The minimum absolute atomic E-state index is 0.0117. The summed E-state index contributed by atoms with van der Waals surface area (Å²) in [5.41, 5.74) is 0.896. The van der Waals surface area contributed by atoms with Crippen molar-refractivity contribution < 1.29 is 13.9 Å². The Kier molecular flexibility index (Phi) is 6.72. The number of alkyl halides is 1. The largest absolute Gasteiger partial charge is 0.444 e. The second-order valence-corrected chi connectivity index (χ2v) is 9.37. The van der Waals surface area contributed by atoms with Gasteiger partial charge in [0.15, 0.2) is 21.9 Å². The molecule has 2 aromatic heterocycles. The Morgan fingerprint density at radius 3 is 2.55 bits per heavy atom. The first-order valence-electron chi connectivity index (χ1n) is 8.74. The maximum atomic E-state index is 14.7. The molecule has 0 N–H and O–H groups in total. The monoisotopic (exact) mass is 481 g/mol. The van der Waals surface area contributed by atoms with E-state index in [1.807, 2.05) is 0 Å². The van der Waals surface area contributed by atoms with Crippen LogP contribution in [0.4, 0.5) is 15.0 Å². The number of ether oxygens (including phenoxy) is 1. The Balaban J connectivity index is 1.86. The average molecular weight is 483 g/mol. The van der Waals surface area contributed by atoms with Gasteiger partial charge in [0, 0.05) is 13.1 Å². The lowest BCUT2D eigenvalue weighted by Crippen LogP contribution is -2.40. The summed E-state index contributed by atoms with van der Waals surface area (Å²) in [6.07, 6.45) is -1.89. The Morgan fingerprint density at radius 2 is 1.93 bits per heavy atom. The third-order valence-corrected chi connectivity index (χ3v) is 5.89. The summed E-state index contributed by atoms with van der Waals surface area (Å²) >= 11 is 19.8. The molecule has 0 aliphatic carbocycles. The predicted octanol–water partition coefficient (Wildman–Crippen LogP) is 4.96. The number of hydrogen-bond donors (Lipinski definition) is 0. The summed E-state index contributed by atoms with van der Waals surface area (Å²) in [7, 11) is 0. The molecule has 0 bridgehead atoms. The third-order valence-electron chi connectivity index (χ3n) is 3.95. The summed E-state index contributed by atoms with van der Waals surface area (Å²) in [6, 6.07) is 0. The van der Waals surface area contributed by atoms with Gasteiger partial charge in [0.05, 0.1) is 18.6 Å². The maximum absolute atomic E-state index is 14.7. The third kappa shape index (κ3) is 5.39. The molecule has 7 nitrogen and oxygen atoms in total. The van der Waals surface area contributed by atoms with Crippen LogP contribution in [0, 0.1) is 0 Å². The summed E-state index contributed by atoms with van der Waals surface area (Å²) in [5.74, 6) is 0.533. The lowest BCUT2D eigenvalue weighted by atomic mass is 10.2. The molecule has 158 valence electrons. The Labute approximate surface area is 186 Å². The highest BCUT2D eigenvalue weighted by molar-refractivity contribution is 7.13. The van der Waals surface area contributed by atoms with Crippen molar-refractivity contribution in [2.24, 2.45) is 0 Å². The number of carbonyl (C=O) groups is 1. The van der Waals surface area contributed by atoms with E-state index in [0.29, 0.717) is 11.4 Å². The number of rotatable bonds is 2. The second kappa shape index (κ2) is 8.75. The minimum atomic E-state index is -1.33. The highest BCUT2D eigenvalue weighted by Crippen LogP contribution is 2.36. The van der Waals surface area contributed by atoms with Crippen molar-refractivity contribution in [2.75, 3.05) is 31.1 Å². The van der Waals surface area contributed by atoms with Crippen molar-refractivity contribution in [1.29, 1.82) is 0 Å². The summed E-state index contributed by atoms with van der Waals surface area (Å²) in [6.45, 7) is 5.72. The van der Waals surface area contributed by atoms with Crippen molar-refractivity contribution in [1.82, 2.24) is 19.9 Å². The second-order valence-electron chi connectivity index (χ2n) is 7.42. The topological polar surface area (TPSA) is 71.5 Å². The number of anilines is 1. The van der Waals surface area contributed by atoms with E-state index in [1.165, 1.54) is 16.2 Å². The van der Waals surface area contributed by atoms with Crippen LogP contribution >= 0.6 is 46.1 Å². The van der Waals surface area contributed by atoms with Crippen LogP contribution in [0.15, 0.2) is 5.51 Å². The number of halogens is 4. The van der Waals surface area contributed by atoms with Gasteiger partial charge in [-0.15, -0.1) is 11.3 Å². The van der Waals surface area contributed by atoms with Gasteiger partial charge >= 0.3 is 6.09 Å². The SMILES string of the molecule is CC(C)(C)OC(=O)N1CCN(c2nc(-c3scnc3Cl)nc(Cl)c2Cl)CC(F)C1. The van der Waals surface area contributed by atoms with Gasteiger partial charge in [-0.25, -0.2) is 24.1 Å². The van der Waals surface area contributed by atoms with Gasteiger partial charge in [-0.1, -0.05) is 34.8 Å². The van der Waals surface area contributed by atoms with Crippen molar-refractivity contribution in [3.63, 3.8) is 0 Å². The molecule has 0 saturated carbocycles. The maximum Gasteiger partial charge on any atom is 0.410 e. The Hall–Kier alpha value is -1.42. The molecule has 1 aliphatic rings. The van der Waals surface area contributed by atoms with Crippen molar-refractivity contribution in [3.8, 4) is 10.7 Å². The molecule has 29 heavy (non-hydrogen) atoms. The van der Waals surface area contributed by atoms with Gasteiger partial charge in [0.1, 0.15) is 21.7 Å². The van der Waals surface area contributed by atoms with Gasteiger partial charge in [0.2, 0.25) is 0 Å². The first-order valence-corrected chi connectivity index (χ1v) is 10.8. The predicted molar refractivity (Wildman–Crippen MR) is 113 cm³/mol. The molecule has 1 unspecified atom stereocenters. The van der Waals surface area contributed by atoms with Crippen LogP contribution in [-0.4, -0.2) is 63.9 Å². The molecule has 2 aromatic rings. The number of amides is 1. The lowest BCUT2D eigenvalue weighted by Gasteiger charge is -2.26. The molecule has 1 aliphatic heterocycles. The van der Waals surface area contributed by atoms with E-state index in [9.17, 15) is 9.18 Å². The molecule has 0 aromatic carbocycles. The fourth-order valence-corrected chi connectivity index (χ4v) is 4.05. The standard InChI is InChI=1S/C17H19Cl3FN5O2S/c1-17(2,3)28-16(27)26-5-4-25(6-9(21)7-26)15-10(18)12(19)23-14(24-15)11-13(20)22-8-29-11/h8-9H,4-7H2,1-3H3. The molecule has 1 atom stereocenters. The van der Waals surface area contributed by atoms with E-state index >= 15 is 0 Å². The first-order chi connectivity index (χ1) is 13.5. The fourth-order valence-electron chi connectivity index (χ4n) is 2.74. The van der Waals surface area contributed by atoms with E-state index in [-0.39, 0.29) is 46.6 Å². The molecule has 0 radical (unpaired) electrons. The first kappa shape index (κ1) is 22.3. The summed E-state index contributed by atoms with van der Waals surface area (Å²) in [4.78, 5) is 28.4. The number of thiazole rings is 1. The number of nitrogens with zero attached hydrogens (tertiary/aromatic N) is 5. The molecule has 1 fully saturated rings. The molecule has 1 amide bonds. The molecular weight excluding hydrogens is 464 g/mol. The van der Waals surface area contributed by atoms with Crippen molar-refractivity contribution in [3.05, 3.63) is 20.8 Å². The van der Waals surface area contributed by atoms with E-state index in [1.54, 1.807) is 31.2 Å². The van der Waals surface area contributed by atoms with Gasteiger partial charge in [-0.3, -0.25) is 0 Å². The zero-order chi connectivity index (χ0) is 21.3. The highest BCUT2D eigenvalue weighted by Gasteiger charge is 2.31. The fraction of sp³-hybridized carbons (Fsp3) is 0.529. The van der Waals surface area contributed by atoms with Crippen LogP contribution in [0.3, 0.4) is 0 Å². The molecular formula is C17H19Cl3FN5O2S. The van der Waals surface area contributed by atoms with Gasteiger partial charge in [0.25, 0.3) is 0 Å². The molecule has 12 heteroatoms. The van der Waals surface area contributed by atoms with Crippen LogP contribution in [-0.2, 0) is 4.74 Å². The summed E-state index contributed by atoms with van der Waals surface area (Å²) < 4.78 is 20.0. The van der Waals surface area contributed by atoms with Crippen molar-refractivity contribution >= 4 is 58.1 Å². The van der Waals surface area contributed by atoms with Crippen LogP contribution in [0.2, 0.25) is 15.3 Å². The molecule has 1 saturated heterocycles. The number of hydrogen-bond acceptors (Lipinski definition) is 7. The normalized spacial score (nSPS) is 18.0. The molecule has 3 rings (SSSR count). The highest BCUT2D eigenvalue weighted by atomic mass is 35.5. The van der Waals surface area contributed by atoms with E-state index in [2.05, 4.69) is 15.0 Å². The van der Waals surface area contributed by atoms with Crippen LogP contribution in [0.5, 0.6) is 0 Å². The van der Waals surface area contributed by atoms with E-state index in [4.69, 9.17) is 39.5 Å². The van der Waals surface area contributed by atoms with Crippen LogP contribution < -0.4 is 4.90 Å². The van der Waals surface area contributed by atoms with Crippen LogP contribution in [0.25, 0.3) is 10.7 Å². The lowest BCUT2D eigenvalue weighted by molar-refractivity contribution is 0.0229. The van der Waals surface area contributed by atoms with Crippen molar-refractivity contribution in [2.45, 2.75) is 32.5 Å². The molecule has 3 heterocycles. The smallest absolute Gasteiger partial charge is 0.410 e. The quantitative estimate of drug-likeness (QED) is 0.564. The molecule has 0 spiro atoms. The number of carbonyl (C=O) groups excluding carboxylic acids is 1. The van der Waals surface area contributed by atoms with E-state index in [0.717, 1.165) is 0 Å². The minimum Gasteiger partial charge on any atom is -0.444 e. The Bertz CT molecular complexity index is 908. The zero-order valence-electron chi connectivity index (χ0n) is 16.0.